The molecule has 0 bridgehead atoms. The smallest absolute Gasteiger partial charge is 0.240 e. The molecule has 0 fully saturated rings. The van der Waals surface area contributed by atoms with Gasteiger partial charge in [0.05, 0.1) is 11.9 Å². The van der Waals surface area contributed by atoms with Crippen molar-refractivity contribution in [3.8, 4) is 0 Å². The molecule has 0 spiro atoms. The highest BCUT2D eigenvalue weighted by Gasteiger charge is 2.21. The zero-order valence-corrected chi connectivity index (χ0v) is 13.6. The molecule has 0 aliphatic rings. The number of hydrogen-bond donors (Lipinski definition) is 1. The number of amides is 1. The summed E-state index contributed by atoms with van der Waals surface area (Å²) in [5, 5.41) is 2.60. The van der Waals surface area contributed by atoms with Crippen molar-refractivity contribution in [2.24, 2.45) is 5.92 Å². The van der Waals surface area contributed by atoms with Gasteiger partial charge in [0.25, 0.3) is 0 Å². The lowest BCUT2D eigenvalue weighted by molar-refractivity contribution is -0.119. The second-order valence-electron chi connectivity index (χ2n) is 5.40. The fourth-order valence-electron chi connectivity index (χ4n) is 1.73. The van der Waals surface area contributed by atoms with E-state index in [0.717, 1.165) is 35.2 Å². The normalized spacial score (nSPS) is 11.5. The van der Waals surface area contributed by atoms with Crippen LogP contribution in [-0.2, 0) is 14.8 Å². The number of rotatable bonds is 7. The van der Waals surface area contributed by atoms with Crippen molar-refractivity contribution in [2.75, 3.05) is 23.7 Å². The summed E-state index contributed by atoms with van der Waals surface area (Å²) in [6, 6.07) is 2.68. The van der Waals surface area contributed by atoms with Gasteiger partial charge in [-0.05, 0) is 24.5 Å². The fourth-order valence-corrected chi connectivity index (χ4v) is 2.58. The predicted octanol–water partition coefficient (Wildman–Crippen LogP) is 1.89. The van der Waals surface area contributed by atoms with Crippen LogP contribution < -0.4 is 9.62 Å². The number of hydrogen-bond acceptors (Lipinski definition) is 3. The van der Waals surface area contributed by atoms with Crippen molar-refractivity contribution in [1.29, 1.82) is 0 Å². The third-order valence-electron chi connectivity index (χ3n) is 2.92. The van der Waals surface area contributed by atoms with E-state index in [1.165, 1.54) is 0 Å². The van der Waals surface area contributed by atoms with Crippen molar-refractivity contribution in [3.05, 3.63) is 29.8 Å². The molecule has 1 N–H and O–H groups in total. The molecule has 0 saturated carbocycles. The van der Waals surface area contributed by atoms with E-state index in [9.17, 15) is 22.0 Å². The summed E-state index contributed by atoms with van der Waals surface area (Å²) in [6.07, 6.45) is 1.66. The van der Waals surface area contributed by atoms with Crippen LogP contribution in [0.4, 0.5) is 14.5 Å². The first-order valence-electron chi connectivity index (χ1n) is 6.80. The lowest BCUT2D eigenvalue weighted by atomic mass is 10.1. The molecule has 0 unspecified atom stereocenters. The maximum Gasteiger partial charge on any atom is 0.240 e. The molecule has 0 aliphatic carbocycles. The Labute approximate surface area is 129 Å². The second kappa shape index (κ2) is 7.53. The molecule has 0 aromatic heterocycles. The van der Waals surface area contributed by atoms with E-state index < -0.39 is 34.1 Å². The van der Waals surface area contributed by atoms with Crippen molar-refractivity contribution in [1.82, 2.24) is 5.32 Å². The molecule has 22 heavy (non-hydrogen) atoms. The Hall–Kier alpha value is -1.70. The van der Waals surface area contributed by atoms with E-state index in [-0.39, 0.29) is 5.69 Å². The second-order valence-corrected chi connectivity index (χ2v) is 7.31. The third-order valence-corrected chi connectivity index (χ3v) is 4.06. The summed E-state index contributed by atoms with van der Waals surface area (Å²) in [4.78, 5) is 11.8. The Morgan fingerprint density at radius 1 is 1.27 bits per heavy atom. The Balaban J connectivity index is 2.86. The maximum atomic E-state index is 13.3. The Kier molecular flexibility index (Phi) is 6.28. The van der Waals surface area contributed by atoms with E-state index in [0.29, 0.717) is 12.5 Å². The molecule has 0 heterocycles. The van der Waals surface area contributed by atoms with Gasteiger partial charge in [0.15, 0.2) is 11.6 Å². The third kappa shape index (κ3) is 5.59. The standard InChI is InChI=1S/C14H20F2N2O3S/c1-10(2)6-7-17-14(19)9-18(22(3,20)21)11-4-5-12(15)13(16)8-11/h4-5,8,10H,6-7,9H2,1-3H3,(H,17,19). The minimum atomic E-state index is -3.80. The molecule has 124 valence electrons. The molecule has 1 rings (SSSR count). The van der Waals surface area contributed by atoms with Gasteiger partial charge >= 0.3 is 0 Å². The molecule has 0 radical (unpaired) electrons. The van der Waals surface area contributed by atoms with Crippen molar-refractivity contribution >= 4 is 21.6 Å². The van der Waals surface area contributed by atoms with E-state index in [2.05, 4.69) is 5.32 Å². The average Bonchev–Trinajstić information content (AvgIpc) is 2.37. The molecule has 8 heteroatoms. The molecular weight excluding hydrogens is 314 g/mol. The Morgan fingerprint density at radius 2 is 1.91 bits per heavy atom. The molecular formula is C14H20F2N2O3S. The van der Waals surface area contributed by atoms with Gasteiger partial charge in [0.1, 0.15) is 6.54 Å². The van der Waals surface area contributed by atoms with Crippen LogP contribution in [0.25, 0.3) is 0 Å². The summed E-state index contributed by atoms with van der Waals surface area (Å²) in [6.45, 7) is 3.93. The monoisotopic (exact) mass is 334 g/mol. The van der Waals surface area contributed by atoms with E-state index in [4.69, 9.17) is 0 Å². The van der Waals surface area contributed by atoms with Gasteiger partial charge in [-0.1, -0.05) is 13.8 Å². The minimum absolute atomic E-state index is 0.0968. The van der Waals surface area contributed by atoms with Gasteiger partial charge in [-0.2, -0.15) is 0 Å². The fraction of sp³-hybridized carbons (Fsp3) is 0.500. The first-order valence-corrected chi connectivity index (χ1v) is 8.65. The highest BCUT2D eigenvalue weighted by molar-refractivity contribution is 7.92. The number of benzene rings is 1. The number of carbonyl (C=O) groups is 1. The number of carbonyl (C=O) groups excluding carboxylic acids is 1. The van der Waals surface area contributed by atoms with Crippen LogP contribution in [0.5, 0.6) is 0 Å². The minimum Gasteiger partial charge on any atom is -0.355 e. The average molecular weight is 334 g/mol. The van der Waals surface area contributed by atoms with Crippen LogP contribution in [0.1, 0.15) is 20.3 Å². The Morgan fingerprint density at radius 3 is 2.41 bits per heavy atom. The first-order chi connectivity index (χ1) is 10.1. The molecule has 5 nitrogen and oxygen atoms in total. The predicted molar refractivity (Wildman–Crippen MR) is 81.0 cm³/mol. The number of nitrogens with zero attached hydrogens (tertiary/aromatic N) is 1. The maximum absolute atomic E-state index is 13.3. The zero-order chi connectivity index (χ0) is 16.9. The van der Waals surface area contributed by atoms with E-state index in [1.807, 2.05) is 13.8 Å². The summed E-state index contributed by atoms with van der Waals surface area (Å²) < 4.78 is 50.5. The molecule has 0 atom stereocenters. The van der Waals surface area contributed by atoms with Gasteiger partial charge in [-0.3, -0.25) is 9.10 Å². The summed E-state index contributed by atoms with van der Waals surface area (Å²) >= 11 is 0. The largest absolute Gasteiger partial charge is 0.355 e. The van der Waals surface area contributed by atoms with Crippen LogP contribution in [-0.4, -0.2) is 33.7 Å². The summed E-state index contributed by atoms with van der Waals surface area (Å²) in [5.41, 5.74) is -0.0968. The van der Waals surface area contributed by atoms with Crippen molar-refractivity contribution in [2.45, 2.75) is 20.3 Å². The summed E-state index contributed by atoms with van der Waals surface area (Å²) in [7, 11) is -3.80. The number of sulfonamides is 1. The first kappa shape index (κ1) is 18.3. The van der Waals surface area contributed by atoms with Crippen LogP contribution in [0.3, 0.4) is 0 Å². The van der Waals surface area contributed by atoms with Gasteiger partial charge < -0.3 is 5.32 Å². The number of nitrogens with one attached hydrogen (secondary N) is 1. The highest BCUT2D eigenvalue weighted by atomic mass is 32.2. The number of anilines is 1. The lowest BCUT2D eigenvalue weighted by Crippen LogP contribution is -2.40. The molecule has 1 amide bonds. The van der Waals surface area contributed by atoms with Crippen LogP contribution in [0, 0.1) is 17.6 Å². The van der Waals surface area contributed by atoms with Crippen LogP contribution in [0.2, 0.25) is 0 Å². The topological polar surface area (TPSA) is 66.5 Å². The zero-order valence-electron chi connectivity index (χ0n) is 12.8. The summed E-state index contributed by atoms with van der Waals surface area (Å²) in [5.74, 6) is -2.36. The van der Waals surface area contributed by atoms with Crippen molar-refractivity contribution < 1.29 is 22.0 Å². The lowest BCUT2D eigenvalue weighted by Gasteiger charge is -2.22. The van der Waals surface area contributed by atoms with Gasteiger partial charge in [-0.15, -0.1) is 0 Å². The quantitative estimate of drug-likeness (QED) is 0.828. The molecule has 0 saturated heterocycles. The molecule has 1 aromatic carbocycles. The van der Waals surface area contributed by atoms with Gasteiger partial charge in [0, 0.05) is 12.6 Å². The van der Waals surface area contributed by atoms with Crippen LogP contribution >= 0.6 is 0 Å². The van der Waals surface area contributed by atoms with Crippen LogP contribution in [0.15, 0.2) is 18.2 Å². The van der Waals surface area contributed by atoms with Gasteiger partial charge in [-0.25, -0.2) is 17.2 Å². The Bertz CT molecular complexity index is 633. The van der Waals surface area contributed by atoms with E-state index >= 15 is 0 Å². The molecule has 1 aromatic rings. The van der Waals surface area contributed by atoms with Crippen molar-refractivity contribution in [3.63, 3.8) is 0 Å². The SMILES string of the molecule is CC(C)CCNC(=O)CN(c1ccc(F)c(F)c1)S(C)(=O)=O. The molecule has 0 aliphatic heterocycles. The number of halogens is 2. The highest BCUT2D eigenvalue weighted by Crippen LogP contribution is 2.20. The van der Waals surface area contributed by atoms with E-state index in [1.54, 1.807) is 0 Å². The van der Waals surface area contributed by atoms with Gasteiger partial charge in [0.2, 0.25) is 15.9 Å².